The molecule has 3 aromatic carbocycles. The fourth-order valence-electron chi connectivity index (χ4n) is 2.37. The summed E-state index contributed by atoms with van der Waals surface area (Å²) in [4.78, 5) is -0.239. The molecule has 7 heteroatoms. The van der Waals surface area contributed by atoms with Crippen molar-refractivity contribution in [2.45, 2.75) is 4.90 Å². The van der Waals surface area contributed by atoms with Gasteiger partial charge in [-0.3, -0.25) is 4.55 Å². The van der Waals surface area contributed by atoms with Crippen molar-refractivity contribution in [3.63, 3.8) is 0 Å². The molecule has 3 N–H and O–H groups in total. The second-order valence-corrected chi connectivity index (χ2v) is 6.17. The van der Waals surface area contributed by atoms with E-state index in [1.54, 1.807) is 12.1 Å². The van der Waals surface area contributed by atoms with Gasteiger partial charge in [0.05, 0.1) is 5.69 Å². The summed E-state index contributed by atoms with van der Waals surface area (Å²) in [6.07, 6.45) is 0. The molecule has 3 rings (SSSR count). The largest absolute Gasteiger partial charge is 1.00 e. The number of anilines is 2. The maximum absolute atomic E-state index is 11.5. The van der Waals surface area contributed by atoms with Gasteiger partial charge < -0.3 is 11.8 Å². The number of para-hydroxylation sites is 1. The Hall–Kier alpha value is -1.57. The van der Waals surface area contributed by atoms with Crippen molar-refractivity contribution in [3.8, 4) is 5.75 Å². The average Bonchev–Trinajstić information content (AvgIpc) is 2.47. The smallest absolute Gasteiger partial charge is 1.00 e. The Morgan fingerprint density at radius 2 is 1.61 bits per heavy atom. The first-order chi connectivity index (χ1) is 10.5. The zero-order chi connectivity index (χ0) is 15.7. The molecule has 0 unspecified atom stereocenters. The first-order valence-electron chi connectivity index (χ1n) is 6.51. The number of phenols is 1. The number of hydrogen-bond acceptors (Lipinski definition) is 4. The number of nitrogens with one attached hydrogen (secondary N) is 1. The van der Waals surface area contributed by atoms with Gasteiger partial charge in [0.1, 0.15) is 10.6 Å². The molecule has 3 aromatic rings. The van der Waals surface area contributed by atoms with Gasteiger partial charge in [-0.15, -0.1) is 0 Å². The van der Waals surface area contributed by atoms with Crippen molar-refractivity contribution in [3.05, 3.63) is 60.7 Å². The standard InChI is InChI=1S/C16H13NO4S.Na.H/c18-14-9-10-15(22(19,20)21)12-7-4-8-13(16(12)14)17-11-5-2-1-3-6-11;;/h1-10,17-18H,(H,19,20,21);;/q;+1;-1. The summed E-state index contributed by atoms with van der Waals surface area (Å²) in [6, 6.07) is 16.6. The number of aromatic hydroxyl groups is 1. The molecule has 0 aliphatic rings. The van der Waals surface area contributed by atoms with Gasteiger partial charge in [-0.05, 0) is 30.3 Å². The summed E-state index contributed by atoms with van der Waals surface area (Å²) in [5, 5.41) is 13.8. The van der Waals surface area contributed by atoms with Gasteiger partial charge in [0, 0.05) is 16.5 Å². The molecule has 0 radical (unpaired) electrons. The molecule has 0 spiro atoms. The van der Waals surface area contributed by atoms with Crippen molar-refractivity contribution >= 4 is 32.3 Å². The molecule has 114 valence electrons. The molecule has 0 bridgehead atoms. The van der Waals surface area contributed by atoms with Crippen molar-refractivity contribution in [2.75, 3.05) is 5.32 Å². The molecule has 0 saturated carbocycles. The zero-order valence-electron chi connectivity index (χ0n) is 13.4. The molecule has 0 aromatic heterocycles. The Balaban J connectivity index is 0.00000144. The zero-order valence-corrected chi connectivity index (χ0v) is 15.2. The fourth-order valence-corrected chi connectivity index (χ4v) is 3.06. The van der Waals surface area contributed by atoms with E-state index in [0.29, 0.717) is 11.1 Å². The maximum atomic E-state index is 11.5. The van der Waals surface area contributed by atoms with E-state index in [2.05, 4.69) is 5.32 Å². The molecule has 0 aliphatic heterocycles. The van der Waals surface area contributed by atoms with Crippen LogP contribution in [0.1, 0.15) is 1.43 Å². The Kier molecular flexibility index (Phi) is 5.33. The van der Waals surface area contributed by atoms with Crippen molar-refractivity contribution in [1.29, 1.82) is 0 Å². The van der Waals surface area contributed by atoms with Gasteiger partial charge in [-0.2, -0.15) is 8.42 Å². The van der Waals surface area contributed by atoms with Crippen LogP contribution in [-0.2, 0) is 10.1 Å². The Morgan fingerprint density at radius 3 is 2.26 bits per heavy atom. The molecular formula is C16H14NNaO4S. The van der Waals surface area contributed by atoms with Crippen LogP contribution in [0.4, 0.5) is 11.4 Å². The third-order valence-electron chi connectivity index (χ3n) is 3.31. The summed E-state index contributed by atoms with van der Waals surface area (Å²) in [7, 11) is -4.37. The molecule has 0 heterocycles. The Labute approximate surface area is 157 Å². The van der Waals surface area contributed by atoms with Crippen LogP contribution in [0.2, 0.25) is 0 Å². The summed E-state index contributed by atoms with van der Waals surface area (Å²) < 4.78 is 32.3. The van der Waals surface area contributed by atoms with Gasteiger partial charge in [-0.25, -0.2) is 0 Å². The minimum absolute atomic E-state index is 0. The van der Waals surface area contributed by atoms with Gasteiger partial charge in [-0.1, -0.05) is 30.3 Å². The summed E-state index contributed by atoms with van der Waals surface area (Å²) in [5.74, 6) is -0.0681. The van der Waals surface area contributed by atoms with Gasteiger partial charge >= 0.3 is 29.6 Å². The second kappa shape index (κ2) is 6.90. The summed E-state index contributed by atoms with van der Waals surface area (Å²) in [6.45, 7) is 0. The SMILES string of the molecule is O=S(=O)(O)c1ccc(O)c2c(Nc3ccccc3)cccc12.[H-].[Na+]. The van der Waals surface area contributed by atoms with Crippen LogP contribution in [0, 0.1) is 0 Å². The van der Waals surface area contributed by atoms with E-state index < -0.39 is 10.1 Å². The van der Waals surface area contributed by atoms with Crippen LogP contribution in [0.3, 0.4) is 0 Å². The first kappa shape index (κ1) is 17.8. The first-order valence-corrected chi connectivity index (χ1v) is 7.95. The van der Waals surface area contributed by atoms with Crippen molar-refractivity contribution in [2.24, 2.45) is 0 Å². The van der Waals surface area contributed by atoms with Crippen LogP contribution in [-0.4, -0.2) is 18.1 Å². The number of benzene rings is 3. The van der Waals surface area contributed by atoms with Crippen LogP contribution in [0.25, 0.3) is 10.8 Å². The molecule has 0 amide bonds. The number of phenolic OH excluding ortho intramolecular Hbond substituents is 1. The monoisotopic (exact) mass is 339 g/mol. The van der Waals surface area contributed by atoms with Gasteiger partial charge in [0.15, 0.2) is 0 Å². The molecule has 0 aliphatic carbocycles. The van der Waals surface area contributed by atoms with Crippen LogP contribution in [0.5, 0.6) is 5.75 Å². The van der Waals surface area contributed by atoms with E-state index in [0.717, 1.165) is 5.69 Å². The predicted molar refractivity (Wildman–Crippen MR) is 86.3 cm³/mol. The van der Waals surface area contributed by atoms with E-state index in [1.165, 1.54) is 18.2 Å². The summed E-state index contributed by atoms with van der Waals surface area (Å²) >= 11 is 0. The third-order valence-corrected chi connectivity index (χ3v) is 4.22. The average molecular weight is 339 g/mol. The Bertz CT molecular complexity index is 949. The predicted octanol–water partition coefficient (Wildman–Crippen LogP) is 0.652. The maximum Gasteiger partial charge on any atom is 1.00 e. The minimum atomic E-state index is -4.37. The molecule has 5 nitrogen and oxygen atoms in total. The van der Waals surface area contributed by atoms with Gasteiger partial charge in [0.2, 0.25) is 0 Å². The van der Waals surface area contributed by atoms with E-state index in [9.17, 15) is 18.1 Å². The van der Waals surface area contributed by atoms with Crippen LogP contribution < -0.4 is 34.9 Å². The topological polar surface area (TPSA) is 86.6 Å². The molecule has 0 fully saturated rings. The van der Waals surface area contributed by atoms with E-state index in [-0.39, 0.29) is 47.0 Å². The normalized spacial score (nSPS) is 11.0. The number of hydrogen-bond donors (Lipinski definition) is 3. The molecule has 23 heavy (non-hydrogen) atoms. The van der Waals surface area contributed by atoms with Gasteiger partial charge in [0.25, 0.3) is 10.1 Å². The van der Waals surface area contributed by atoms with Crippen LogP contribution >= 0.6 is 0 Å². The second-order valence-electron chi connectivity index (χ2n) is 4.78. The van der Waals surface area contributed by atoms with Crippen LogP contribution in [0.15, 0.2) is 65.6 Å². The van der Waals surface area contributed by atoms with E-state index >= 15 is 0 Å². The molecule has 0 atom stereocenters. The fraction of sp³-hybridized carbons (Fsp3) is 0. The minimum Gasteiger partial charge on any atom is -1.00 e. The molecule has 0 saturated heterocycles. The summed E-state index contributed by atoms with van der Waals surface area (Å²) in [5.41, 5.74) is 1.35. The molecular weight excluding hydrogens is 325 g/mol. The van der Waals surface area contributed by atoms with E-state index in [4.69, 9.17) is 0 Å². The van der Waals surface area contributed by atoms with Crippen molar-refractivity contribution in [1.82, 2.24) is 0 Å². The third kappa shape index (κ3) is 3.68. The van der Waals surface area contributed by atoms with E-state index in [1.807, 2.05) is 30.3 Å². The number of rotatable bonds is 3. The quantitative estimate of drug-likeness (QED) is 0.482. The number of fused-ring (bicyclic) bond motifs is 1. The Morgan fingerprint density at radius 1 is 0.913 bits per heavy atom. The van der Waals surface area contributed by atoms with Crippen molar-refractivity contribution < 1.29 is 49.1 Å².